The second kappa shape index (κ2) is 8.57. The van der Waals surface area contributed by atoms with Gasteiger partial charge in [-0.1, -0.05) is 6.07 Å². The van der Waals surface area contributed by atoms with E-state index in [1.807, 2.05) is 6.92 Å². The number of hydrogen-bond donors (Lipinski definition) is 1. The summed E-state index contributed by atoms with van der Waals surface area (Å²) in [4.78, 5) is 25.6. The first-order valence-corrected chi connectivity index (χ1v) is 8.16. The first-order chi connectivity index (χ1) is 12.7. The standard InChI is InChI=1S/C19H19F3N2O3/c1-3-24(2)18(26)13-5-4-6-16(11-13)27-12-17(25)23-15-9-7-14(8-10-15)19(20,21)22/h4-11H,3,12H2,1-2H3,(H,23,25). The molecule has 1 N–H and O–H groups in total. The number of nitrogens with zero attached hydrogens (tertiary/aromatic N) is 1. The molecule has 0 aliphatic carbocycles. The molecule has 0 radical (unpaired) electrons. The van der Waals surface area contributed by atoms with Gasteiger partial charge in [0.15, 0.2) is 6.61 Å². The number of carbonyl (C=O) groups excluding carboxylic acids is 2. The monoisotopic (exact) mass is 380 g/mol. The summed E-state index contributed by atoms with van der Waals surface area (Å²) in [5, 5.41) is 2.45. The molecule has 144 valence electrons. The van der Waals surface area contributed by atoms with Crippen LogP contribution in [0.5, 0.6) is 5.75 Å². The summed E-state index contributed by atoms with van der Waals surface area (Å²) >= 11 is 0. The van der Waals surface area contributed by atoms with Crippen molar-refractivity contribution >= 4 is 17.5 Å². The largest absolute Gasteiger partial charge is 0.484 e. The third-order valence-corrected chi connectivity index (χ3v) is 3.77. The van der Waals surface area contributed by atoms with Crippen molar-refractivity contribution in [1.82, 2.24) is 4.90 Å². The van der Waals surface area contributed by atoms with E-state index >= 15 is 0 Å². The zero-order chi connectivity index (χ0) is 20.0. The Kier molecular flexibility index (Phi) is 6.44. The van der Waals surface area contributed by atoms with Crippen LogP contribution in [0.25, 0.3) is 0 Å². The quantitative estimate of drug-likeness (QED) is 0.829. The van der Waals surface area contributed by atoms with Gasteiger partial charge in [0.05, 0.1) is 5.56 Å². The van der Waals surface area contributed by atoms with Gasteiger partial charge in [0.1, 0.15) is 5.75 Å². The minimum Gasteiger partial charge on any atom is -0.484 e. The Hall–Kier alpha value is -3.03. The van der Waals surface area contributed by atoms with Gasteiger partial charge in [-0.15, -0.1) is 0 Å². The van der Waals surface area contributed by atoms with Crippen molar-refractivity contribution in [3.8, 4) is 5.75 Å². The molecule has 0 saturated carbocycles. The molecule has 0 aliphatic rings. The third kappa shape index (κ3) is 5.73. The number of amides is 2. The van der Waals surface area contributed by atoms with Crippen LogP contribution < -0.4 is 10.1 Å². The van der Waals surface area contributed by atoms with E-state index < -0.39 is 17.6 Å². The highest BCUT2D eigenvalue weighted by molar-refractivity contribution is 5.94. The van der Waals surface area contributed by atoms with E-state index in [2.05, 4.69) is 5.32 Å². The fourth-order valence-electron chi connectivity index (χ4n) is 2.17. The maximum atomic E-state index is 12.5. The Balaban J connectivity index is 1.93. The lowest BCUT2D eigenvalue weighted by atomic mass is 10.2. The summed E-state index contributed by atoms with van der Waals surface area (Å²) in [6.07, 6.45) is -4.43. The number of rotatable bonds is 6. The summed E-state index contributed by atoms with van der Waals surface area (Å²) < 4.78 is 42.9. The highest BCUT2D eigenvalue weighted by Gasteiger charge is 2.29. The van der Waals surface area contributed by atoms with Gasteiger partial charge in [-0.25, -0.2) is 0 Å². The molecule has 2 rings (SSSR count). The Morgan fingerprint density at radius 2 is 1.78 bits per heavy atom. The van der Waals surface area contributed by atoms with Crippen LogP contribution in [0.2, 0.25) is 0 Å². The molecule has 0 heterocycles. The van der Waals surface area contributed by atoms with Gasteiger partial charge < -0.3 is 15.0 Å². The van der Waals surface area contributed by atoms with Gasteiger partial charge in [-0.05, 0) is 49.4 Å². The number of carbonyl (C=O) groups is 2. The predicted molar refractivity (Wildman–Crippen MR) is 94.6 cm³/mol. The van der Waals surface area contributed by atoms with E-state index in [0.29, 0.717) is 17.9 Å². The zero-order valence-electron chi connectivity index (χ0n) is 14.8. The zero-order valence-corrected chi connectivity index (χ0v) is 14.8. The van der Waals surface area contributed by atoms with Gasteiger partial charge in [0.2, 0.25) is 0 Å². The van der Waals surface area contributed by atoms with Crippen LogP contribution in [0.3, 0.4) is 0 Å². The Morgan fingerprint density at radius 1 is 1.11 bits per heavy atom. The molecule has 0 spiro atoms. The minimum atomic E-state index is -4.43. The first-order valence-electron chi connectivity index (χ1n) is 8.16. The molecule has 0 bridgehead atoms. The van der Waals surface area contributed by atoms with Gasteiger partial charge >= 0.3 is 6.18 Å². The molecule has 0 aromatic heterocycles. The molecule has 0 aliphatic heterocycles. The molecule has 5 nitrogen and oxygen atoms in total. The van der Waals surface area contributed by atoms with Crippen molar-refractivity contribution in [3.05, 3.63) is 59.7 Å². The lowest BCUT2D eigenvalue weighted by Gasteiger charge is -2.15. The normalized spacial score (nSPS) is 11.0. The number of ether oxygens (including phenoxy) is 1. The number of halogens is 3. The van der Waals surface area contributed by atoms with Crippen LogP contribution in [-0.2, 0) is 11.0 Å². The molecule has 2 aromatic rings. The van der Waals surface area contributed by atoms with Crippen molar-refractivity contribution in [2.75, 3.05) is 25.5 Å². The second-order valence-electron chi connectivity index (χ2n) is 5.76. The van der Waals surface area contributed by atoms with E-state index in [1.54, 1.807) is 25.2 Å². The van der Waals surface area contributed by atoms with E-state index in [9.17, 15) is 22.8 Å². The van der Waals surface area contributed by atoms with Crippen LogP contribution in [0.4, 0.5) is 18.9 Å². The van der Waals surface area contributed by atoms with Crippen LogP contribution in [0.1, 0.15) is 22.8 Å². The average Bonchev–Trinajstić information content (AvgIpc) is 2.65. The SMILES string of the molecule is CCN(C)C(=O)c1cccc(OCC(=O)Nc2ccc(C(F)(F)F)cc2)c1. The summed E-state index contributed by atoms with van der Waals surface area (Å²) in [6.45, 7) is 2.06. The van der Waals surface area contributed by atoms with Gasteiger partial charge in [-0.3, -0.25) is 9.59 Å². The van der Waals surface area contributed by atoms with E-state index in [4.69, 9.17) is 4.74 Å². The maximum absolute atomic E-state index is 12.5. The number of nitrogens with one attached hydrogen (secondary N) is 1. The minimum absolute atomic E-state index is 0.169. The van der Waals surface area contributed by atoms with Gasteiger partial charge in [0, 0.05) is 24.8 Å². The summed E-state index contributed by atoms with van der Waals surface area (Å²) in [7, 11) is 1.67. The Labute approximate surface area is 154 Å². The highest BCUT2D eigenvalue weighted by atomic mass is 19.4. The number of anilines is 1. The van der Waals surface area contributed by atoms with Gasteiger partial charge in [-0.2, -0.15) is 13.2 Å². The van der Waals surface area contributed by atoms with Crippen LogP contribution >= 0.6 is 0 Å². The average molecular weight is 380 g/mol. The third-order valence-electron chi connectivity index (χ3n) is 3.77. The van der Waals surface area contributed by atoms with Crippen molar-refractivity contribution in [2.45, 2.75) is 13.1 Å². The summed E-state index contributed by atoms with van der Waals surface area (Å²) in [6, 6.07) is 10.5. The number of benzene rings is 2. The number of hydrogen-bond acceptors (Lipinski definition) is 3. The molecule has 2 amide bonds. The van der Waals surface area contributed by atoms with Crippen LogP contribution in [0, 0.1) is 0 Å². The Morgan fingerprint density at radius 3 is 2.37 bits per heavy atom. The number of alkyl halides is 3. The molecule has 0 unspecified atom stereocenters. The van der Waals surface area contributed by atoms with Gasteiger partial charge in [0.25, 0.3) is 11.8 Å². The molecule has 0 saturated heterocycles. The lowest BCUT2D eigenvalue weighted by molar-refractivity contribution is -0.137. The second-order valence-corrected chi connectivity index (χ2v) is 5.76. The smallest absolute Gasteiger partial charge is 0.416 e. The first kappa shape index (κ1) is 20.3. The van der Waals surface area contributed by atoms with Crippen molar-refractivity contribution in [2.24, 2.45) is 0 Å². The molecule has 0 fully saturated rings. The van der Waals surface area contributed by atoms with E-state index in [0.717, 1.165) is 12.1 Å². The molecular formula is C19H19F3N2O3. The van der Waals surface area contributed by atoms with Crippen LogP contribution in [-0.4, -0.2) is 36.9 Å². The molecule has 8 heteroatoms. The molecular weight excluding hydrogens is 361 g/mol. The van der Waals surface area contributed by atoms with Crippen molar-refractivity contribution in [3.63, 3.8) is 0 Å². The van der Waals surface area contributed by atoms with Crippen molar-refractivity contribution in [1.29, 1.82) is 0 Å². The van der Waals surface area contributed by atoms with E-state index in [-0.39, 0.29) is 18.2 Å². The summed E-state index contributed by atoms with van der Waals surface area (Å²) in [5.74, 6) is -0.359. The van der Waals surface area contributed by atoms with E-state index in [1.165, 1.54) is 23.1 Å². The topological polar surface area (TPSA) is 58.6 Å². The van der Waals surface area contributed by atoms with Crippen LogP contribution in [0.15, 0.2) is 48.5 Å². The Bertz CT molecular complexity index is 805. The lowest BCUT2D eigenvalue weighted by Crippen LogP contribution is -2.26. The molecule has 2 aromatic carbocycles. The summed E-state index contributed by atoms with van der Waals surface area (Å²) in [5.41, 5.74) is -0.139. The van der Waals surface area contributed by atoms with Crippen molar-refractivity contribution < 1.29 is 27.5 Å². The predicted octanol–water partition coefficient (Wildman–Crippen LogP) is 3.81. The fourth-order valence-corrected chi connectivity index (χ4v) is 2.17. The molecule has 27 heavy (non-hydrogen) atoms. The maximum Gasteiger partial charge on any atom is 0.416 e. The molecule has 0 atom stereocenters. The fraction of sp³-hybridized carbons (Fsp3) is 0.263. The highest BCUT2D eigenvalue weighted by Crippen LogP contribution is 2.29.